The van der Waals surface area contributed by atoms with Crippen molar-refractivity contribution < 1.29 is 9.50 Å². The second-order valence-corrected chi connectivity index (χ2v) is 11.3. The highest BCUT2D eigenvalue weighted by Crippen LogP contribution is 2.42. The smallest absolute Gasteiger partial charge is 0.228 e. The molecule has 7 rings (SSSR count). The van der Waals surface area contributed by atoms with E-state index in [1.165, 1.54) is 6.07 Å². The number of anilines is 2. The van der Waals surface area contributed by atoms with E-state index in [-0.39, 0.29) is 21.9 Å². The summed E-state index contributed by atoms with van der Waals surface area (Å²) in [4.78, 5) is 20.8. The van der Waals surface area contributed by atoms with Crippen LogP contribution >= 0.6 is 11.6 Å². The summed E-state index contributed by atoms with van der Waals surface area (Å²) in [6.07, 6.45) is 3.91. The minimum absolute atomic E-state index is 0.0201. The number of phenols is 1. The molecule has 10 heteroatoms. The van der Waals surface area contributed by atoms with Crippen LogP contribution in [0.1, 0.15) is 12.8 Å². The summed E-state index contributed by atoms with van der Waals surface area (Å²) in [5.74, 6) is 0.745. The predicted octanol–water partition coefficient (Wildman–Crippen LogP) is 4.03. The fourth-order valence-electron chi connectivity index (χ4n) is 6.08. The van der Waals surface area contributed by atoms with Crippen molar-refractivity contribution in [3.8, 4) is 16.9 Å². The molecule has 0 aliphatic carbocycles. The maximum absolute atomic E-state index is 16.6. The van der Waals surface area contributed by atoms with E-state index in [9.17, 15) is 5.11 Å². The standard InChI is InChI=1S/C28H29ClFN7O/c1-35(2)18-13-37(14-18)28-33-26-21(27(34-28)36-11-16-5-6-17(12-36)32-16)10-22(29)23(24(26)30)20-9-19(38)8-15-4-3-7-31-25(15)20/h3-4,7-10,16-18,32,38H,5-6,11-14H2,1-2H3. The molecule has 0 radical (unpaired) electrons. The number of aromatic nitrogens is 3. The Balaban J connectivity index is 1.43. The molecule has 196 valence electrons. The highest BCUT2D eigenvalue weighted by molar-refractivity contribution is 6.35. The fraction of sp³-hybridized carbons (Fsp3) is 0.393. The minimum Gasteiger partial charge on any atom is -0.508 e. The Morgan fingerprint density at radius 3 is 2.53 bits per heavy atom. The van der Waals surface area contributed by atoms with Crippen molar-refractivity contribution >= 4 is 45.2 Å². The molecular formula is C28H29ClFN7O. The lowest BCUT2D eigenvalue weighted by Crippen LogP contribution is -2.58. The Morgan fingerprint density at radius 1 is 1.03 bits per heavy atom. The maximum atomic E-state index is 16.6. The first kappa shape index (κ1) is 23.8. The van der Waals surface area contributed by atoms with Crippen LogP contribution in [0.5, 0.6) is 5.75 Å². The zero-order chi connectivity index (χ0) is 26.1. The van der Waals surface area contributed by atoms with Gasteiger partial charge in [0, 0.05) is 72.4 Å². The van der Waals surface area contributed by atoms with Gasteiger partial charge in [-0.25, -0.2) is 9.37 Å². The van der Waals surface area contributed by atoms with Gasteiger partial charge >= 0.3 is 0 Å². The number of halogens is 2. The van der Waals surface area contributed by atoms with Crippen LogP contribution in [0.25, 0.3) is 32.9 Å². The molecule has 0 spiro atoms. The normalized spacial score (nSPS) is 21.6. The molecule has 2 N–H and O–H groups in total. The van der Waals surface area contributed by atoms with Crippen LogP contribution in [-0.4, -0.2) is 83.4 Å². The summed E-state index contributed by atoms with van der Waals surface area (Å²) < 4.78 is 16.6. The second kappa shape index (κ2) is 8.90. The predicted molar refractivity (Wildman–Crippen MR) is 149 cm³/mol. The quantitative estimate of drug-likeness (QED) is 0.407. The molecule has 3 aliphatic heterocycles. The van der Waals surface area contributed by atoms with E-state index in [1.807, 2.05) is 6.07 Å². The Morgan fingerprint density at radius 2 is 1.79 bits per heavy atom. The van der Waals surface area contributed by atoms with E-state index in [1.54, 1.807) is 24.4 Å². The first-order chi connectivity index (χ1) is 18.4. The number of rotatable bonds is 4. The summed E-state index contributed by atoms with van der Waals surface area (Å²) in [5.41, 5.74) is 1.42. The van der Waals surface area contributed by atoms with E-state index in [0.717, 1.165) is 44.8 Å². The van der Waals surface area contributed by atoms with Gasteiger partial charge in [-0.3, -0.25) is 4.98 Å². The second-order valence-electron chi connectivity index (χ2n) is 10.9. The third-order valence-electron chi connectivity index (χ3n) is 8.20. The highest BCUT2D eigenvalue weighted by atomic mass is 35.5. The van der Waals surface area contributed by atoms with Gasteiger partial charge in [-0.2, -0.15) is 4.98 Å². The van der Waals surface area contributed by atoms with Gasteiger partial charge < -0.3 is 25.1 Å². The number of nitrogens with zero attached hydrogens (tertiary/aromatic N) is 6. The molecule has 0 saturated carbocycles. The van der Waals surface area contributed by atoms with Crippen molar-refractivity contribution in [3.05, 3.63) is 47.4 Å². The molecule has 4 aromatic rings. The Kier molecular flexibility index (Phi) is 5.58. The van der Waals surface area contributed by atoms with Gasteiger partial charge in [0.25, 0.3) is 0 Å². The summed E-state index contributed by atoms with van der Waals surface area (Å²) in [5, 5.41) is 15.6. The van der Waals surface area contributed by atoms with Gasteiger partial charge in [-0.1, -0.05) is 17.7 Å². The zero-order valence-electron chi connectivity index (χ0n) is 21.3. The van der Waals surface area contributed by atoms with Gasteiger partial charge in [-0.05, 0) is 51.2 Å². The molecule has 0 amide bonds. The Hall–Kier alpha value is -3.27. The summed E-state index contributed by atoms with van der Waals surface area (Å²) in [7, 11) is 4.12. The average molecular weight is 534 g/mol. The minimum atomic E-state index is -0.530. The number of nitrogens with one attached hydrogen (secondary N) is 1. The molecule has 38 heavy (non-hydrogen) atoms. The molecule has 2 unspecified atom stereocenters. The molecular weight excluding hydrogens is 505 g/mol. The van der Waals surface area contributed by atoms with Gasteiger partial charge in [0.05, 0.1) is 10.5 Å². The van der Waals surface area contributed by atoms with Crippen LogP contribution in [0.2, 0.25) is 5.02 Å². The third-order valence-corrected chi connectivity index (χ3v) is 8.50. The molecule has 2 aromatic carbocycles. The molecule has 5 heterocycles. The zero-order valence-corrected chi connectivity index (χ0v) is 22.1. The first-order valence-corrected chi connectivity index (χ1v) is 13.4. The van der Waals surface area contributed by atoms with Crippen molar-refractivity contribution in [2.75, 3.05) is 50.1 Å². The van der Waals surface area contributed by atoms with Crippen molar-refractivity contribution in [3.63, 3.8) is 0 Å². The van der Waals surface area contributed by atoms with Crippen LogP contribution in [0.4, 0.5) is 16.2 Å². The van der Waals surface area contributed by atoms with Crippen molar-refractivity contribution in [1.29, 1.82) is 0 Å². The topological polar surface area (TPSA) is 80.7 Å². The summed E-state index contributed by atoms with van der Waals surface area (Å²) in [6, 6.07) is 9.71. The number of pyridine rings is 1. The SMILES string of the molecule is CN(C)C1CN(c2nc(N3CC4CCC(C3)N4)c3cc(Cl)c(-c4cc(O)cc5cccnc45)c(F)c3n2)C1. The lowest BCUT2D eigenvalue weighted by atomic mass is 9.99. The molecule has 2 atom stereocenters. The van der Waals surface area contributed by atoms with E-state index < -0.39 is 5.82 Å². The molecule has 3 aliphatic rings. The van der Waals surface area contributed by atoms with E-state index >= 15 is 4.39 Å². The monoisotopic (exact) mass is 533 g/mol. The van der Waals surface area contributed by atoms with Gasteiger partial charge in [-0.15, -0.1) is 0 Å². The van der Waals surface area contributed by atoms with Crippen molar-refractivity contribution in [2.45, 2.75) is 31.0 Å². The Labute approximate surface area is 225 Å². The van der Waals surface area contributed by atoms with Gasteiger partial charge in [0.2, 0.25) is 5.95 Å². The molecule has 2 bridgehead atoms. The van der Waals surface area contributed by atoms with Gasteiger partial charge in [0.1, 0.15) is 17.1 Å². The van der Waals surface area contributed by atoms with Crippen LogP contribution in [-0.2, 0) is 0 Å². The van der Waals surface area contributed by atoms with E-state index in [0.29, 0.717) is 45.9 Å². The maximum Gasteiger partial charge on any atom is 0.228 e. The number of piperazine rings is 1. The van der Waals surface area contributed by atoms with E-state index in [2.05, 4.69) is 39.1 Å². The number of benzene rings is 2. The van der Waals surface area contributed by atoms with Gasteiger partial charge in [0.15, 0.2) is 5.82 Å². The van der Waals surface area contributed by atoms with E-state index in [4.69, 9.17) is 21.6 Å². The molecule has 3 saturated heterocycles. The number of likely N-dealkylation sites (N-methyl/N-ethyl adjacent to an activating group) is 1. The summed E-state index contributed by atoms with van der Waals surface area (Å²) in [6.45, 7) is 3.19. The van der Waals surface area contributed by atoms with Crippen LogP contribution in [0.15, 0.2) is 36.5 Å². The molecule has 8 nitrogen and oxygen atoms in total. The Bertz CT molecular complexity index is 1560. The number of hydrogen-bond acceptors (Lipinski definition) is 8. The number of hydrogen-bond donors (Lipinski definition) is 2. The number of phenolic OH excluding ortho intramolecular Hbond substituents is 1. The van der Waals surface area contributed by atoms with Crippen LogP contribution in [0.3, 0.4) is 0 Å². The number of aromatic hydroxyl groups is 1. The average Bonchev–Trinajstić information content (AvgIpc) is 3.20. The first-order valence-electron chi connectivity index (χ1n) is 13.1. The van der Waals surface area contributed by atoms with Crippen LogP contribution < -0.4 is 15.1 Å². The number of fused-ring (bicyclic) bond motifs is 4. The molecule has 3 fully saturated rings. The van der Waals surface area contributed by atoms with Crippen LogP contribution in [0, 0.1) is 5.82 Å². The summed E-state index contributed by atoms with van der Waals surface area (Å²) >= 11 is 6.82. The highest BCUT2D eigenvalue weighted by Gasteiger charge is 2.36. The van der Waals surface area contributed by atoms with Crippen molar-refractivity contribution in [2.24, 2.45) is 0 Å². The lowest BCUT2D eigenvalue weighted by molar-refractivity contribution is 0.245. The lowest BCUT2D eigenvalue weighted by Gasteiger charge is -2.43. The molecule has 2 aromatic heterocycles. The third kappa shape index (κ3) is 3.83. The largest absolute Gasteiger partial charge is 0.508 e. The van der Waals surface area contributed by atoms with Crippen molar-refractivity contribution in [1.82, 2.24) is 25.2 Å². The fourth-order valence-corrected chi connectivity index (χ4v) is 6.37.